The monoisotopic (exact) mass is 432 g/mol. The topological polar surface area (TPSA) is 82.9 Å². The second-order valence-electron chi connectivity index (χ2n) is 9.45. The van der Waals surface area contributed by atoms with Crippen LogP contribution in [0.3, 0.4) is 0 Å². The second-order valence-corrected chi connectivity index (χ2v) is 9.45. The lowest BCUT2D eigenvalue weighted by Crippen LogP contribution is -2.22. The maximum Gasteiger partial charge on any atom is 0.240 e. The minimum Gasteiger partial charge on any atom is -0.273 e. The molecule has 2 aliphatic rings. The number of carbonyl (C=O) groups excluding carboxylic acids is 2. The minimum absolute atomic E-state index is 0.0160. The number of hydrogen-bond acceptors (Lipinski definition) is 4. The van der Waals surface area contributed by atoms with Crippen LogP contribution >= 0.6 is 0 Å². The molecular weight excluding hydrogens is 388 g/mol. The van der Waals surface area contributed by atoms with Gasteiger partial charge in [-0.3, -0.25) is 9.59 Å². The van der Waals surface area contributed by atoms with Crippen molar-refractivity contribution in [2.24, 2.45) is 22.0 Å². The molecule has 2 fully saturated rings. The molecule has 0 spiro atoms. The van der Waals surface area contributed by atoms with Crippen LogP contribution in [0, 0.1) is 11.8 Å². The summed E-state index contributed by atoms with van der Waals surface area (Å²) in [4.78, 5) is 24.0. The fraction of sp³-hybridized carbons (Fsp3) is 0.840. The van der Waals surface area contributed by atoms with Gasteiger partial charge in [0.1, 0.15) is 0 Å². The Balaban J connectivity index is 1.48. The first-order valence-corrected chi connectivity index (χ1v) is 12.8. The van der Waals surface area contributed by atoms with E-state index in [2.05, 4.69) is 34.9 Å². The summed E-state index contributed by atoms with van der Waals surface area (Å²) in [6.45, 7) is 4.48. The van der Waals surface area contributed by atoms with E-state index in [1.54, 1.807) is 0 Å². The van der Waals surface area contributed by atoms with Crippen molar-refractivity contribution in [3.8, 4) is 0 Å². The summed E-state index contributed by atoms with van der Waals surface area (Å²) >= 11 is 0. The third-order valence-corrected chi connectivity index (χ3v) is 6.74. The molecule has 0 atom stereocenters. The molecule has 0 aromatic carbocycles. The third kappa shape index (κ3) is 10.9. The van der Waals surface area contributed by atoms with Gasteiger partial charge in [0.15, 0.2) is 0 Å². The number of nitrogens with zero attached hydrogens (tertiary/aromatic N) is 2. The van der Waals surface area contributed by atoms with Crippen molar-refractivity contribution in [3.63, 3.8) is 0 Å². The third-order valence-electron chi connectivity index (χ3n) is 6.74. The number of hydrogen-bond donors (Lipinski definition) is 2. The molecule has 0 radical (unpaired) electrons. The van der Waals surface area contributed by atoms with E-state index in [0.29, 0.717) is 12.8 Å². The van der Waals surface area contributed by atoms with E-state index >= 15 is 0 Å². The molecule has 176 valence electrons. The molecule has 0 bridgehead atoms. The first-order chi connectivity index (χ1) is 15.1. The van der Waals surface area contributed by atoms with E-state index in [1.807, 2.05) is 0 Å². The summed E-state index contributed by atoms with van der Waals surface area (Å²) in [5.74, 6) is 1.64. The van der Waals surface area contributed by atoms with E-state index < -0.39 is 0 Å². The number of unbranched alkanes of at least 4 members (excludes halogenated alkanes) is 2. The molecule has 2 aliphatic carbocycles. The molecule has 0 aromatic heterocycles. The Labute approximate surface area is 189 Å². The highest BCUT2D eigenvalue weighted by Gasteiger charge is 2.18. The first kappa shape index (κ1) is 25.5. The van der Waals surface area contributed by atoms with Crippen LogP contribution in [-0.2, 0) is 9.59 Å². The minimum atomic E-state index is -0.0160. The van der Waals surface area contributed by atoms with Crippen molar-refractivity contribution in [1.29, 1.82) is 0 Å². The number of nitrogens with one attached hydrogen (secondary N) is 2. The summed E-state index contributed by atoms with van der Waals surface area (Å²) in [5, 5.41) is 8.65. The summed E-state index contributed by atoms with van der Waals surface area (Å²) in [6.07, 6.45) is 17.4. The van der Waals surface area contributed by atoms with E-state index in [9.17, 15) is 9.59 Å². The van der Waals surface area contributed by atoms with Crippen LogP contribution < -0.4 is 10.9 Å². The van der Waals surface area contributed by atoms with E-state index in [4.69, 9.17) is 0 Å². The number of carbonyl (C=O) groups is 2. The molecule has 2 amide bonds. The zero-order valence-electron chi connectivity index (χ0n) is 19.9. The molecule has 2 N–H and O–H groups in total. The Morgan fingerprint density at radius 3 is 1.45 bits per heavy atom. The molecule has 31 heavy (non-hydrogen) atoms. The molecule has 0 aliphatic heterocycles. The van der Waals surface area contributed by atoms with Crippen molar-refractivity contribution >= 4 is 23.2 Å². The molecule has 6 nitrogen and oxygen atoms in total. The fourth-order valence-corrected chi connectivity index (χ4v) is 4.78. The highest BCUT2D eigenvalue weighted by Crippen LogP contribution is 2.26. The number of rotatable bonds is 12. The standard InChI is InChI=1S/C25H44N4O2/c1-3-8-20-12-16-22(17-13-20)26-28-24(30)10-6-5-7-11-25(31)29-27-23-18-14-21(9-4-2)15-19-23/h20-21H,3-19H2,1-2H3,(H,28,30)(H,29,31). The SMILES string of the molecule is CCCC1CCC(=NNC(=O)CCCCCC(=O)NN=C2CCC(CCC)CC2)CC1. The molecule has 0 unspecified atom stereocenters. The zero-order valence-corrected chi connectivity index (χ0v) is 19.9. The maximum absolute atomic E-state index is 12.0. The van der Waals surface area contributed by atoms with Gasteiger partial charge in [0.2, 0.25) is 11.8 Å². The van der Waals surface area contributed by atoms with Crippen LogP contribution in [-0.4, -0.2) is 23.2 Å². The number of amides is 2. The van der Waals surface area contributed by atoms with Crippen molar-refractivity contribution in [2.45, 2.75) is 123 Å². The molecule has 2 saturated carbocycles. The van der Waals surface area contributed by atoms with Gasteiger partial charge < -0.3 is 0 Å². The molecule has 0 aromatic rings. The van der Waals surface area contributed by atoms with Gasteiger partial charge in [0.05, 0.1) is 0 Å². The van der Waals surface area contributed by atoms with E-state index in [-0.39, 0.29) is 11.8 Å². The molecular formula is C25H44N4O2. The lowest BCUT2D eigenvalue weighted by atomic mass is 9.85. The Morgan fingerprint density at radius 1 is 0.710 bits per heavy atom. The van der Waals surface area contributed by atoms with Gasteiger partial charge in [0, 0.05) is 24.3 Å². The normalized spacial score (nSPS) is 21.5. The van der Waals surface area contributed by atoms with Gasteiger partial charge in [0.25, 0.3) is 0 Å². The van der Waals surface area contributed by atoms with Gasteiger partial charge >= 0.3 is 0 Å². The molecule has 0 heterocycles. The van der Waals surface area contributed by atoms with Crippen LogP contribution in [0.4, 0.5) is 0 Å². The molecule has 2 rings (SSSR count). The predicted octanol–water partition coefficient (Wildman–Crippen LogP) is 5.86. The zero-order chi connectivity index (χ0) is 22.3. The first-order valence-electron chi connectivity index (χ1n) is 12.8. The van der Waals surface area contributed by atoms with E-state index in [1.165, 1.54) is 51.4 Å². The van der Waals surface area contributed by atoms with Crippen LogP contribution in [0.5, 0.6) is 0 Å². The summed E-state index contributed by atoms with van der Waals surface area (Å²) in [6, 6.07) is 0. The smallest absolute Gasteiger partial charge is 0.240 e. The largest absolute Gasteiger partial charge is 0.273 e. The van der Waals surface area contributed by atoms with Crippen LogP contribution in [0.1, 0.15) is 123 Å². The van der Waals surface area contributed by atoms with Crippen molar-refractivity contribution < 1.29 is 9.59 Å². The van der Waals surface area contributed by atoms with Gasteiger partial charge in [-0.15, -0.1) is 0 Å². The Hall–Kier alpha value is -1.72. The number of hydrazone groups is 2. The summed E-state index contributed by atoms with van der Waals surface area (Å²) in [5.41, 5.74) is 7.71. The maximum atomic E-state index is 12.0. The van der Waals surface area contributed by atoms with Crippen molar-refractivity contribution in [1.82, 2.24) is 10.9 Å². The molecule has 6 heteroatoms. The highest BCUT2D eigenvalue weighted by atomic mass is 16.2. The highest BCUT2D eigenvalue weighted by molar-refractivity contribution is 5.87. The average Bonchev–Trinajstić information content (AvgIpc) is 2.78. The van der Waals surface area contributed by atoms with E-state index in [0.717, 1.165) is 68.2 Å². The Morgan fingerprint density at radius 2 is 1.10 bits per heavy atom. The van der Waals surface area contributed by atoms with Gasteiger partial charge in [-0.05, 0) is 76.0 Å². The van der Waals surface area contributed by atoms with Crippen molar-refractivity contribution in [3.05, 3.63) is 0 Å². The lowest BCUT2D eigenvalue weighted by molar-refractivity contribution is -0.121. The van der Waals surface area contributed by atoms with Gasteiger partial charge in [-0.25, -0.2) is 10.9 Å². The van der Waals surface area contributed by atoms with Gasteiger partial charge in [-0.1, -0.05) is 46.0 Å². The Bertz CT molecular complexity index is 543. The van der Waals surface area contributed by atoms with Crippen molar-refractivity contribution in [2.75, 3.05) is 0 Å². The quantitative estimate of drug-likeness (QED) is 0.299. The van der Waals surface area contributed by atoms with Gasteiger partial charge in [-0.2, -0.15) is 10.2 Å². The predicted molar refractivity (Wildman–Crippen MR) is 128 cm³/mol. The average molecular weight is 433 g/mol. The Kier molecular flexibility index (Phi) is 12.5. The molecule has 0 saturated heterocycles. The fourth-order valence-electron chi connectivity index (χ4n) is 4.78. The summed E-state index contributed by atoms with van der Waals surface area (Å²) < 4.78 is 0. The second kappa shape index (κ2) is 15.1. The lowest BCUT2D eigenvalue weighted by Gasteiger charge is -2.22. The van der Waals surface area contributed by atoms with Crippen LogP contribution in [0.25, 0.3) is 0 Å². The summed E-state index contributed by atoms with van der Waals surface area (Å²) in [7, 11) is 0. The van der Waals surface area contributed by atoms with Crippen LogP contribution in [0.2, 0.25) is 0 Å². The van der Waals surface area contributed by atoms with Crippen LogP contribution in [0.15, 0.2) is 10.2 Å².